The van der Waals surface area contributed by atoms with Crippen LogP contribution in [0.15, 0.2) is 27.4 Å². The lowest BCUT2D eigenvalue weighted by atomic mass is 10.0. The Morgan fingerprint density at radius 1 is 0.774 bits per heavy atom. The maximum atomic E-state index is 12.1. The highest BCUT2D eigenvalue weighted by atomic mass is 16.6. The number of aromatic nitrogens is 1. The van der Waals surface area contributed by atoms with Crippen LogP contribution >= 0.6 is 0 Å². The molecule has 4 heteroatoms. The van der Waals surface area contributed by atoms with E-state index in [1.807, 2.05) is 25.1 Å². The summed E-state index contributed by atoms with van der Waals surface area (Å²) in [5, 5.41) is 0.539. The van der Waals surface area contributed by atoms with Crippen molar-refractivity contribution in [2.24, 2.45) is 0 Å². The molecule has 0 saturated heterocycles. The first kappa shape index (κ1) is 25.4. The number of nitrogens with zero attached hydrogens (tertiary/aromatic N) is 1. The molecule has 1 aromatic heterocycles. The van der Waals surface area contributed by atoms with Crippen LogP contribution in [0.2, 0.25) is 0 Å². The Labute approximate surface area is 188 Å². The summed E-state index contributed by atoms with van der Waals surface area (Å²) in [6, 6.07) is 5.60. The highest BCUT2D eigenvalue weighted by molar-refractivity contribution is 5.80. The summed E-state index contributed by atoms with van der Waals surface area (Å²) in [5.74, 6) is 0. The maximum absolute atomic E-state index is 12.1. The van der Waals surface area contributed by atoms with Crippen molar-refractivity contribution in [2.75, 3.05) is 6.61 Å². The molecule has 0 aliphatic rings. The van der Waals surface area contributed by atoms with E-state index in [0.29, 0.717) is 17.5 Å². The molecule has 0 spiro atoms. The Morgan fingerprint density at radius 3 is 1.84 bits per heavy atom. The monoisotopic (exact) mass is 429 g/mol. The summed E-state index contributed by atoms with van der Waals surface area (Å²) in [6.45, 7) is 4.71. The SMILES string of the molecule is CCCCCCCCCCCCCCCCCCOc1nc2cccc(C)c2c(=O)o1. The van der Waals surface area contributed by atoms with Gasteiger partial charge in [-0.05, 0) is 25.0 Å². The molecule has 0 N–H and O–H groups in total. The van der Waals surface area contributed by atoms with Gasteiger partial charge < -0.3 is 9.15 Å². The summed E-state index contributed by atoms with van der Waals surface area (Å²) in [4.78, 5) is 16.4. The van der Waals surface area contributed by atoms with E-state index < -0.39 is 0 Å². The second kappa shape index (κ2) is 15.9. The average Bonchev–Trinajstić information content (AvgIpc) is 2.75. The van der Waals surface area contributed by atoms with E-state index in [1.165, 1.54) is 89.9 Å². The number of benzene rings is 1. The van der Waals surface area contributed by atoms with Crippen LogP contribution in [-0.4, -0.2) is 11.6 Å². The topological polar surface area (TPSA) is 52.3 Å². The van der Waals surface area contributed by atoms with E-state index in [1.54, 1.807) is 0 Å². The molecule has 0 atom stereocenters. The molecule has 0 aliphatic carbocycles. The Hall–Kier alpha value is -1.84. The van der Waals surface area contributed by atoms with E-state index in [-0.39, 0.29) is 11.7 Å². The van der Waals surface area contributed by atoms with Crippen LogP contribution in [0.5, 0.6) is 6.08 Å². The molecule has 1 aromatic carbocycles. The molecule has 0 unspecified atom stereocenters. The zero-order chi connectivity index (χ0) is 22.2. The van der Waals surface area contributed by atoms with Gasteiger partial charge in [0.25, 0.3) is 0 Å². The van der Waals surface area contributed by atoms with Crippen molar-refractivity contribution in [1.82, 2.24) is 4.98 Å². The highest BCUT2D eigenvalue weighted by Crippen LogP contribution is 2.17. The lowest BCUT2D eigenvalue weighted by molar-refractivity contribution is 0.211. The van der Waals surface area contributed by atoms with Crippen LogP contribution in [0.1, 0.15) is 115 Å². The highest BCUT2D eigenvalue weighted by Gasteiger charge is 2.09. The molecule has 31 heavy (non-hydrogen) atoms. The van der Waals surface area contributed by atoms with E-state index in [9.17, 15) is 4.79 Å². The molecule has 0 fully saturated rings. The minimum Gasteiger partial charge on any atom is -0.450 e. The molecule has 0 saturated carbocycles. The Kier molecular flexibility index (Phi) is 13.0. The number of rotatable bonds is 18. The van der Waals surface area contributed by atoms with Crippen molar-refractivity contribution in [3.05, 3.63) is 34.2 Å². The van der Waals surface area contributed by atoms with Crippen LogP contribution < -0.4 is 10.4 Å². The molecule has 2 rings (SSSR count). The molecular formula is C27H43NO3. The lowest BCUT2D eigenvalue weighted by Crippen LogP contribution is -2.07. The van der Waals surface area contributed by atoms with Gasteiger partial charge in [0.2, 0.25) is 0 Å². The van der Waals surface area contributed by atoms with Crippen LogP contribution in [0.25, 0.3) is 10.9 Å². The normalized spacial score (nSPS) is 11.3. The van der Waals surface area contributed by atoms with Gasteiger partial charge in [0, 0.05) is 0 Å². The predicted octanol–water partition coefficient (Wildman–Crippen LogP) is 8.14. The number of fused-ring (bicyclic) bond motifs is 1. The zero-order valence-electron chi connectivity index (χ0n) is 19.9. The van der Waals surface area contributed by atoms with Crippen LogP contribution in [0, 0.1) is 6.92 Å². The molecule has 174 valence electrons. The molecule has 0 amide bonds. The zero-order valence-corrected chi connectivity index (χ0v) is 19.9. The summed E-state index contributed by atoms with van der Waals surface area (Å²) in [7, 11) is 0. The van der Waals surface area contributed by atoms with Gasteiger partial charge in [0.1, 0.15) is 0 Å². The second-order valence-electron chi connectivity index (χ2n) is 8.89. The van der Waals surface area contributed by atoms with Gasteiger partial charge in [-0.15, -0.1) is 0 Å². The lowest BCUT2D eigenvalue weighted by Gasteiger charge is -2.06. The molecule has 0 radical (unpaired) electrons. The van der Waals surface area contributed by atoms with Crippen LogP contribution in [-0.2, 0) is 0 Å². The Bertz CT molecular complexity index is 784. The van der Waals surface area contributed by atoms with Gasteiger partial charge in [-0.2, -0.15) is 4.98 Å². The van der Waals surface area contributed by atoms with Crippen molar-refractivity contribution < 1.29 is 9.15 Å². The van der Waals surface area contributed by atoms with E-state index in [0.717, 1.165) is 18.4 Å². The van der Waals surface area contributed by atoms with Gasteiger partial charge in [0.15, 0.2) is 0 Å². The maximum Gasteiger partial charge on any atom is 0.397 e. The number of aryl methyl sites for hydroxylation is 1. The standard InChI is InChI=1S/C27H43NO3/c1-3-4-5-6-7-8-9-10-11-12-13-14-15-16-17-18-22-30-27-28-24-21-19-20-23(2)25(24)26(29)31-27/h19-21H,3-18,22H2,1-2H3. The third kappa shape index (κ3) is 10.3. The van der Waals surface area contributed by atoms with Gasteiger partial charge in [-0.3, -0.25) is 0 Å². The number of hydrogen-bond acceptors (Lipinski definition) is 4. The fourth-order valence-electron chi connectivity index (χ4n) is 4.13. The van der Waals surface area contributed by atoms with Gasteiger partial charge in [0.05, 0.1) is 17.5 Å². The fraction of sp³-hybridized carbons (Fsp3) is 0.704. The third-order valence-electron chi connectivity index (χ3n) is 6.07. The second-order valence-corrected chi connectivity index (χ2v) is 8.89. The van der Waals surface area contributed by atoms with Crippen LogP contribution in [0.4, 0.5) is 0 Å². The van der Waals surface area contributed by atoms with Crippen LogP contribution in [0.3, 0.4) is 0 Å². The average molecular weight is 430 g/mol. The molecule has 1 heterocycles. The Morgan fingerprint density at radius 2 is 1.29 bits per heavy atom. The van der Waals surface area contributed by atoms with E-state index in [4.69, 9.17) is 9.15 Å². The summed E-state index contributed by atoms with van der Waals surface area (Å²) in [5.41, 5.74) is 1.14. The van der Waals surface area contributed by atoms with Crippen molar-refractivity contribution in [1.29, 1.82) is 0 Å². The first-order valence-corrected chi connectivity index (χ1v) is 12.8. The molecular weight excluding hydrogens is 386 g/mol. The van der Waals surface area contributed by atoms with Crippen molar-refractivity contribution in [3.8, 4) is 6.08 Å². The molecule has 2 aromatic rings. The van der Waals surface area contributed by atoms with Gasteiger partial charge >= 0.3 is 11.7 Å². The molecule has 0 bridgehead atoms. The smallest absolute Gasteiger partial charge is 0.397 e. The van der Waals surface area contributed by atoms with Crippen molar-refractivity contribution in [3.63, 3.8) is 0 Å². The summed E-state index contributed by atoms with van der Waals surface area (Å²) in [6.07, 6.45) is 21.6. The summed E-state index contributed by atoms with van der Waals surface area (Å²) >= 11 is 0. The summed E-state index contributed by atoms with van der Waals surface area (Å²) < 4.78 is 10.8. The number of ether oxygens (including phenoxy) is 1. The minimum absolute atomic E-state index is 0.0871. The van der Waals surface area contributed by atoms with Gasteiger partial charge in [-0.1, -0.05) is 115 Å². The quantitative estimate of drug-likeness (QED) is 0.224. The van der Waals surface area contributed by atoms with E-state index >= 15 is 0 Å². The number of hydrogen-bond donors (Lipinski definition) is 0. The minimum atomic E-state index is -0.370. The Balaban J connectivity index is 1.41. The van der Waals surface area contributed by atoms with Crippen molar-refractivity contribution >= 4 is 10.9 Å². The van der Waals surface area contributed by atoms with E-state index in [2.05, 4.69) is 11.9 Å². The fourth-order valence-corrected chi connectivity index (χ4v) is 4.13. The number of unbranched alkanes of at least 4 members (excludes halogenated alkanes) is 15. The third-order valence-corrected chi connectivity index (χ3v) is 6.07. The largest absolute Gasteiger partial charge is 0.450 e. The molecule has 4 nitrogen and oxygen atoms in total. The first-order chi connectivity index (χ1) is 15.2. The van der Waals surface area contributed by atoms with Gasteiger partial charge in [-0.25, -0.2) is 4.79 Å². The first-order valence-electron chi connectivity index (χ1n) is 12.8. The molecule has 0 aliphatic heterocycles. The predicted molar refractivity (Wildman–Crippen MR) is 130 cm³/mol. The van der Waals surface area contributed by atoms with Crippen molar-refractivity contribution in [2.45, 2.75) is 117 Å².